The van der Waals surface area contributed by atoms with Crippen molar-refractivity contribution in [2.24, 2.45) is 0 Å². The van der Waals surface area contributed by atoms with E-state index >= 15 is 0 Å². The monoisotopic (exact) mass is 294 g/mol. The molecule has 0 aliphatic rings. The Morgan fingerprint density at radius 3 is 2.32 bits per heavy atom. The van der Waals surface area contributed by atoms with E-state index in [1.54, 1.807) is 30.3 Å². The predicted octanol–water partition coefficient (Wildman–Crippen LogP) is 4.43. The summed E-state index contributed by atoms with van der Waals surface area (Å²) in [6, 6.07) is 12.2. The van der Waals surface area contributed by atoms with Crippen LogP contribution in [0.1, 0.15) is 15.9 Å². The Morgan fingerprint density at radius 2 is 1.68 bits per heavy atom. The van der Waals surface area contributed by atoms with Crippen LogP contribution >= 0.6 is 23.2 Å². The molecule has 4 heteroatoms. The third kappa shape index (κ3) is 3.49. The average Bonchev–Trinajstić information content (AvgIpc) is 2.41. The summed E-state index contributed by atoms with van der Waals surface area (Å²) in [6.07, 6.45) is 0.286. The Labute approximate surface area is 121 Å². The summed E-state index contributed by atoms with van der Waals surface area (Å²) in [7, 11) is 1.53. The van der Waals surface area contributed by atoms with E-state index in [0.29, 0.717) is 21.4 Å². The molecule has 0 unspecified atom stereocenters. The summed E-state index contributed by atoms with van der Waals surface area (Å²) in [6.45, 7) is 0. The van der Waals surface area contributed by atoms with Crippen molar-refractivity contribution in [2.45, 2.75) is 6.42 Å². The molecule has 0 amide bonds. The van der Waals surface area contributed by atoms with Gasteiger partial charge in [0.05, 0.1) is 12.7 Å². The summed E-state index contributed by atoms with van der Waals surface area (Å²) in [4.78, 5) is 12.3. The Morgan fingerprint density at radius 1 is 1.05 bits per heavy atom. The van der Waals surface area contributed by atoms with E-state index in [-0.39, 0.29) is 12.2 Å². The predicted molar refractivity (Wildman–Crippen MR) is 77.5 cm³/mol. The number of hydrogen-bond donors (Lipinski definition) is 0. The fourth-order valence-corrected chi connectivity index (χ4v) is 2.08. The first-order chi connectivity index (χ1) is 9.10. The van der Waals surface area contributed by atoms with Gasteiger partial charge in [-0.05, 0) is 35.9 Å². The first-order valence-corrected chi connectivity index (χ1v) is 6.47. The molecule has 19 heavy (non-hydrogen) atoms. The Hall–Kier alpha value is -1.51. The molecule has 0 aliphatic heterocycles. The zero-order valence-electron chi connectivity index (χ0n) is 10.3. The van der Waals surface area contributed by atoms with Gasteiger partial charge in [-0.1, -0.05) is 35.3 Å². The van der Waals surface area contributed by atoms with Crippen LogP contribution in [0.25, 0.3) is 0 Å². The van der Waals surface area contributed by atoms with E-state index in [4.69, 9.17) is 27.9 Å². The van der Waals surface area contributed by atoms with Gasteiger partial charge in [0.15, 0.2) is 5.78 Å². The molecule has 0 aliphatic carbocycles. The minimum absolute atomic E-state index is 0.0401. The SMILES string of the molecule is COc1ccc(Cl)cc1C(=O)Cc1ccc(Cl)cc1. The van der Waals surface area contributed by atoms with E-state index in [0.717, 1.165) is 5.56 Å². The van der Waals surface area contributed by atoms with Crippen molar-refractivity contribution in [3.05, 3.63) is 63.6 Å². The molecule has 2 rings (SSSR count). The molecule has 0 bridgehead atoms. The number of ketones is 1. The first kappa shape index (κ1) is 13.9. The molecule has 0 fully saturated rings. The molecule has 0 radical (unpaired) electrons. The van der Waals surface area contributed by atoms with Crippen LogP contribution in [0.2, 0.25) is 10.0 Å². The zero-order chi connectivity index (χ0) is 13.8. The molecule has 98 valence electrons. The first-order valence-electron chi connectivity index (χ1n) is 5.71. The van der Waals surface area contributed by atoms with Gasteiger partial charge in [-0.15, -0.1) is 0 Å². The highest BCUT2D eigenvalue weighted by atomic mass is 35.5. The number of rotatable bonds is 4. The number of Topliss-reactive ketones (excluding diaryl/α,β-unsaturated/α-hetero) is 1. The third-order valence-corrected chi connectivity index (χ3v) is 3.23. The molecule has 0 aromatic heterocycles. The van der Waals surface area contributed by atoms with E-state index in [1.807, 2.05) is 12.1 Å². The molecule has 0 saturated carbocycles. The maximum Gasteiger partial charge on any atom is 0.171 e. The lowest BCUT2D eigenvalue weighted by Crippen LogP contribution is -2.05. The second-order valence-electron chi connectivity index (χ2n) is 4.07. The van der Waals surface area contributed by atoms with Crippen molar-refractivity contribution in [3.63, 3.8) is 0 Å². The minimum Gasteiger partial charge on any atom is -0.496 e. The van der Waals surface area contributed by atoms with Crippen molar-refractivity contribution >= 4 is 29.0 Å². The van der Waals surface area contributed by atoms with Crippen molar-refractivity contribution in [3.8, 4) is 5.75 Å². The highest BCUT2D eigenvalue weighted by Crippen LogP contribution is 2.24. The Kier molecular flexibility index (Phi) is 4.46. The molecule has 0 N–H and O–H groups in total. The molecule has 2 nitrogen and oxygen atoms in total. The number of carbonyl (C=O) groups excluding carboxylic acids is 1. The molecule has 2 aromatic carbocycles. The maximum atomic E-state index is 12.3. The number of halogens is 2. The van der Waals surface area contributed by atoms with Crippen LogP contribution in [0.5, 0.6) is 5.75 Å². The maximum absolute atomic E-state index is 12.3. The molecular formula is C15H12Cl2O2. The van der Waals surface area contributed by atoms with Crippen LogP contribution in [0.4, 0.5) is 0 Å². The van der Waals surface area contributed by atoms with Gasteiger partial charge in [-0.25, -0.2) is 0 Å². The van der Waals surface area contributed by atoms with Crippen LogP contribution in [0.15, 0.2) is 42.5 Å². The van der Waals surface area contributed by atoms with E-state index in [2.05, 4.69) is 0 Å². The van der Waals surface area contributed by atoms with Gasteiger partial charge >= 0.3 is 0 Å². The summed E-state index contributed by atoms with van der Waals surface area (Å²) in [5, 5.41) is 1.16. The summed E-state index contributed by atoms with van der Waals surface area (Å²) in [5.74, 6) is 0.491. The number of ether oxygens (including phenoxy) is 1. The normalized spacial score (nSPS) is 10.3. The van der Waals surface area contributed by atoms with Gasteiger partial charge < -0.3 is 4.74 Å². The quantitative estimate of drug-likeness (QED) is 0.780. The minimum atomic E-state index is -0.0401. The van der Waals surface area contributed by atoms with Crippen LogP contribution in [0, 0.1) is 0 Å². The highest BCUT2D eigenvalue weighted by molar-refractivity contribution is 6.31. The van der Waals surface area contributed by atoms with Crippen molar-refractivity contribution < 1.29 is 9.53 Å². The molecule has 0 heterocycles. The molecule has 0 atom stereocenters. The van der Waals surface area contributed by atoms with Crippen LogP contribution in [-0.2, 0) is 6.42 Å². The molecule has 2 aromatic rings. The van der Waals surface area contributed by atoms with Crippen molar-refractivity contribution in [1.29, 1.82) is 0 Å². The number of carbonyl (C=O) groups is 1. The molecular weight excluding hydrogens is 283 g/mol. The topological polar surface area (TPSA) is 26.3 Å². The lowest BCUT2D eigenvalue weighted by atomic mass is 10.0. The largest absolute Gasteiger partial charge is 0.496 e. The van der Waals surface area contributed by atoms with Crippen LogP contribution in [-0.4, -0.2) is 12.9 Å². The lowest BCUT2D eigenvalue weighted by Gasteiger charge is -2.08. The van der Waals surface area contributed by atoms with Crippen LogP contribution < -0.4 is 4.74 Å². The van der Waals surface area contributed by atoms with Crippen molar-refractivity contribution in [2.75, 3.05) is 7.11 Å². The van der Waals surface area contributed by atoms with Gasteiger partial charge in [-0.2, -0.15) is 0 Å². The number of methoxy groups -OCH3 is 1. The smallest absolute Gasteiger partial charge is 0.171 e. The lowest BCUT2D eigenvalue weighted by molar-refractivity contribution is 0.0990. The second-order valence-corrected chi connectivity index (χ2v) is 4.94. The van der Waals surface area contributed by atoms with Crippen molar-refractivity contribution in [1.82, 2.24) is 0 Å². The number of hydrogen-bond acceptors (Lipinski definition) is 2. The second kappa shape index (κ2) is 6.09. The standard InChI is InChI=1S/C15H12Cl2O2/c1-19-15-7-6-12(17)9-13(15)14(18)8-10-2-4-11(16)5-3-10/h2-7,9H,8H2,1H3. The fourth-order valence-electron chi connectivity index (χ4n) is 1.78. The summed E-state index contributed by atoms with van der Waals surface area (Å²) >= 11 is 11.7. The average molecular weight is 295 g/mol. The van der Waals surface area contributed by atoms with Gasteiger partial charge in [0.25, 0.3) is 0 Å². The van der Waals surface area contributed by atoms with Gasteiger partial charge in [0.1, 0.15) is 5.75 Å². The van der Waals surface area contributed by atoms with Gasteiger partial charge in [0, 0.05) is 16.5 Å². The third-order valence-electron chi connectivity index (χ3n) is 2.74. The molecule has 0 spiro atoms. The van der Waals surface area contributed by atoms with Gasteiger partial charge in [0.2, 0.25) is 0 Å². The zero-order valence-corrected chi connectivity index (χ0v) is 11.8. The van der Waals surface area contributed by atoms with E-state index < -0.39 is 0 Å². The fraction of sp³-hybridized carbons (Fsp3) is 0.133. The van der Waals surface area contributed by atoms with E-state index in [9.17, 15) is 4.79 Å². The molecule has 0 saturated heterocycles. The van der Waals surface area contributed by atoms with Crippen LogP contribution in [0.3, 0.4) is 0 Å². The van der Waals surface area contributed by atoms with Gasteiger partial charge in [-0.3, -0.25) is 4.79 Å². The Bertz CT molecular complexity index is 592. The number of benzene rings is 2. The highest BCUT2D eigenvalue weighted by Gasteiger charge is 2.13. The summed E-state index contributed by atoms with van der Waals surface area (Å²) < 4.78 is 5.18. The van der Waals surface area contributed by atoms with E-state index in [1.165, 1.54) is 7.11 Å². The Balaban J connectivity index is 2.24. The summed E-state index contributed by atoms with van der Waals surface area (Å²) in [5.41, 5.74) is 1.39.